The maximum Gasteiger partial charge on any atom is 0.126 e. The molecular weight excluding hydrogens is 244 g/mol. The van der Waals surface area contributed by atoms with Gasteiger partial charge in [-0.25, -0.2) is 8.78 Å². The van der Waals surface area contributed by atoms with Crippen LogP contribution in [0.4, 0.5) is 8.78 Å². The van der Waals surface area contributed by atoms with E-state index in [9.17, 15) is 8.78 Å². The number of rotatable bonds is 4. The molecule has 1 saturated carbocycles. The molecule has 1 aliphatic rings. The Morgan fingerprint density at radius 3 is 2.47 bits per heavy atom. The number of halogens is 2. The fourth-order valence-electron chi connectivity index (χ4n) is 2.97. The van der Waals surface area contributed by atoms with E-state index in [0.717, 1.165) is 24.1 Å². The van der Waals surface area contributed by atoms with Crippen molar-refractivity contribution in [3.05, 3.63) is 35.4 Å². The predicted octanol–water partition coefficient (Wildman–Crippen LogP) is 3.92. The summed E-state index contributed by atoms with van der Waals surface area (Å²) in [6.07, 6.45) is 4.47. The van der Waals surface area contributed by atoms with Crippen molar-refractivity contribution in [3.63, 3.8) is 0 Å². The fraction of sp³-hybridized carbons (Fsp3) is 0.625. The van der Waals surface area contributed by atoms with E-state index in [-0.39, 0.29) is 0 Å². The zero-order valence-electron chi connectivity index (χ0n) is 11.8. The lowest BCUT2D eigenvalue weighted by Crippen LogP contribution is -2.40. The summed E-state index contributed by atoms with van der Waals surface area (Å²) in [4.78, 5) is 0. The van der Waals surface area contributed by atoms with Crippen LogP contribution in [-0.2, 0) is 6.42 Å². The minimum absolute atomic E-state index is 0.491. The van der Waals surface area contributed by atoms with Crippen LogP contribution < -0.4 is 5.32 Å². The highest BCUT2D eigenvalue weighted by Crippen LogP contribution is 2.28. The zero-order chi connectivity index (χ0) is 13.8. The monoisotopic (exact) mass is 267 g/mol. The topological polar surface area (TPSA) is 12.0 Å². The molecule has 0 saturated heterocycles. The molecule has 0 heterocycles. The molecule has 2 rings (SSSR count). The van der Waals surface area contributed by atoms with Crippen LogP contribution in [0, 0.1) is 23.5 Å². The molecule has 106 valence electrons. The highest BCUT2D eigenvalue weighted by molar-refractivity contribution is 5.18. The molecule has 1 fully saturated rings. The molecule has 19 heavy (non-hydrogen) atoms. The van der Waals surface area contributed by atoms with E-state index in [1.807, 2.05) is 0 Å². The van der Waals surface area contributed by atoms with Crippen LogP contribution in [0.1, 0.15) is 38.7 Å². The van der Waals surface area contributed by atoms with E-state index in [4.69, 9.17) is 0 Å². The smallest absolute Gasteiger partial charge is 0.126 e. The molecule has 0 spiro atoms. The molecule has 1 nitrogen and oxygen atoms in total. The van der Waals surface area contributed by atoms with Crippen molar-refractivity contribution in [2.75, 3.05) is 6.54 Å². The van der Waals surface area contributed by atoms with Crippen molar-refractivity contribution in [2.24, 2.45) is 11.8 Å². The number of hydrogen-bond acceptors (Lipinski definition) is 1. The van der Waals surface area contributed by atoms with Gasteiger partial charge in [-0.1, -0.05) is 20.3 Å². The van der Waals surface area contributed by atoms with Gasteiger partial charge in [-0.2, -0.15) is 0 Å². The van der Waals surface area contributed by atoms with Gasteiger partial charge in [0.05, 0.1) is 0 Å². The number of nitrogens with one attached hydrogen (secondary N) is 1. The highest BCUT2D eigenvalue weighted by atomic mass is 19.1. The lowest BCUT2D eigenvalue weighted by Gasteiger charge is -2.33. The quantitative estimate of drug-likeness (QED) is 0.871. The first kappa shape index (κ1) is 14.4. The first-order chi connectivity index (χ1) is 9.04. The Morgan fingerprint density at radius 2 is 1.79 bits per heavy atom. The van der Waals surface area contributed by atoms with Gasteiger partial charge in [0.25, 0.3) is 0 Å². The summed E-state index contributed by atoms with van der Waals surface area (Å²) in [6.45, 7) is 5.36. The minimum atomic E-state index is -0.491. The Labute approximate surface area is 114 Å². The Bertz CT molecular complexity index is 399. The van der Waals surface area contributed by atoms with Gasteiger partial charge in [-0.05, 0) is 55.3 Å². The maximum absolute atomic E-state index is 13.1. The van der Waals surface area contributed by atoms with Gasteiger partial charge in [0.2, 0.25) is 0 Å². The third-order valence-corrected chi connectivity index (χ3v) is 4.20. The van der Waals surface area contributed by atoms with E-state index in [0.29, 0.717) is 18.4 Å². The minimum Gasteiger partial charge on any atom is -0.313 e. The third-order valence-electron chi connectivity index (χ3n) is 4.20. The van der Waals surface area contributed by atoms with E-state index in [1.54, 1.807) is 0 Å². The Hall–Kier alpha value is -0.960. The van der Waals surface area contributed by atoms with Gasteiger partial charge in [-0.15, -0.1) is 0 Å². The average molecular weight is 267 g/mol. The SMILES string of the molecule is CC1CCC(C)C(NCCc2cc(F)cc(F)c2)C1. The fourth-order valence-corrected chi connectivity index (χ4v) is 2.97. The number of hydrogen-bond donors (Lipinski definition) is 1. The van der Waals surface area contributed by atoms with Crippen LogP contribution >= 0.6 is 0 Å². The molecule has 0 radical (unpaired) electrons. The Kier molecular flexibility index (Phi) is 4.92. The average Bonchev–Trinajstić information content (AvgIpc) is 2.32. The molecule has 3 unspecified atom stereocenters. The summed E-state index contributed by atoms with van der Waals surface area (Å²) in [5, 5.41) is 3.54. The lowest BCUT2D eigenvalue weighted by molar-refractivity contribution is 0.230. The Balaban J connectivity index is 1.82. The summed E-state index contributed by atoms with van der Waals surface area (Å²) in [6, 6.07) is 4.29. The molecule has 0 bridgehead atoms. The second-order valence-electron chi connectivity index (χ2n) is 5.98. The van der Waals surface area contributed by atoms with Gasteiger partial charge in [0.1, 0.15) is 11.6 Å². The summed E-state index contributed by atoms with van der Waals surface area (Å²) >= 11 is 0. The van der Waals surface area contributed by atoms with Crippen LogP contribution in [0.25, 0.3) is 0 Å². The largest absolute Gasteiger partial charge is 0.313 e. The van der Waals surface area contributed by atoms with Crippen LogP contribution in [0.5, 0.6) is 0 Å². The molecule has 1 aromatic rings. The van der Waals surface area contributed by atoms with Crippen molar-refractivity contribution >= 4 is 0 Å². The maximum atomic E-state index is 13.1. The normalized spacial score (nSPS) is 27.5. The second-order valence-corrected chi connectivity index (χ2v) is 5.98. The van der Waals surface area contributed by atoms with Crippen LogP contribution in [0.15, 0.2) is 18.2 Å². The van der Waals surface area contributed by atoms with Gasteiger partial charge >= 0.3 is 0 Å². The van der Waals surface area contributed by atoms with Crippen molar-refractivity contribution in [1.82, 2.24) is 5.32 Å². The molecule has 0 aromatic heterocycles. The van der Waals surface area contributed by atoms with Crippen molar-refractivity contribution in [3.8, 4) is 0 Å². The van der Waals surface area contributed by atoms with Crippen molar-refractivity contribution in [1.29, 1.82) is 0 Å². The second kappa shape index (κ2) is 6.47. The molecule has 1 N–H and O–H groups in total. The molecule has 3 heteroatoms. The zero-order valence-corrected chi connectivity index (χ0v) is 11.8. The van der Waals surface area contributed by atoms with E-state index in [1.165, 1.54) is 31.4 Å². The van der Waals surface area contributed by atoms with E-state index >= 15 is 0 Å². The first-order valence-electron chi connectivity index (χ1n) is 7.23. The summed E-state index contributed by atoms with van der Waals surface area (Å²) in [5.41, 5.74) is 0.724. The standard InChI is InChI=1S/C16H23F2N/c1-11-3-4-12(2)16(7-11)19-6-5-13-8-14(17)10-15(18)9-13/h8-12,16,19H,3-7H2,1-2H3. The molecule has 0 aliphatic heterocycles. The van der Waals surface area contributed by atoms with Crippen molar-refractivity contribution < 1.29 is 8.78 Å². The third kappa shape index (κ3) is 4.27. The van der Waals surface area contributed by atoms with Crippen molar-refractivity contribution in [2.45, 2.75) is 45.6 Å². The van der Waals surface area contributed by atoms with Gasteiger partial charge in [0.15, 0.2) is 0 Å². The molecule has 1 aliphatic carbocycles. The summed E-state index contributed by atoms with van der Waals surface area (Å²) in [5.74, 6) is 0.491. The van der Waals surface area contributed by atoms with Gasteiger partial charge < -0.3 is 5.32 Å². The molecule has 0 amide bonds. The Morgan fingerprint density at radius 1 is 1.11 bits per heavy atom. The van der Waals surface area contributed by atoms with Gasteiger partial charge in [0, 0.05) is 12.1 Å². The molecular formula is C16H23F2N. The highest BCUT2D eigenvalue weighted by Gasteiger charge is 2.24. The van der Waals surface area contributed by atoms with E-state index in [2.05, 4.69) is 19.2 Å². The van der Waals surface area contributed by atoms with Crippen LogP contribution in [-0.4, -0.2) is 12.6 Å². The summed E-state index contributed by atoms with van der Waals surface area (Å²) in [7, 11) is 0. The van der Waals surface area contributed by atoms with Gasteiger partial charge in [-0.3, -0.25) is 0 Å². The first-order valence-corrected chi connectivity index (χ1v) is 7.23. The number of benzene rings is 1. The molecule has 3 atom stereocenters. The molecule has 1 aromatic carbocycles. The summed E-state index contributed by atoms with van der Waals surface area (Å²) < 4.78 is 26.1. The lowest BCUT2D eigenvalue weighted by atomic mass is 9.80. The van der Waals surface area contributed by atoms with E-state index < -0.39 is 11.6 Å². The van der Waals surface area contributed by atoms with Crippen LogP contribution in [0.3, 0.4) is 0 Å². The predicted molar refractivity (Wildman–Crippen MR) is 74.0 cm³/mol. The van der Waals surface area contributed by atoms with Crippen LogP contribution in [0.2, 0.25) is 0 Å².